The van der Waals surface area contributed by atoms with Crippen molar-refractivity contribution in [1.82, 2.24) is 15.0 Å². The van der Waals surface area contributed by atoms with Gasteiger partial charge in [-0.05, 0) is 37.5 Å². The van der Waals surface area contributed by atoms with Crippen LogP contribution in [0.1, 0.15) is 48.2 Å². The lowest BCUT2D eigenvalue weighted by atomic mass is 9.92. The van der Waals surface area contributed by atoms with Crippen molar-refractivity contribution in [3.63, 3.8) is 0 Å². The molecule has 4 rings (SSSR count). The third kappa shape index (κ3) is 3.23. The Kier molecular flexibility index (Phi) is 3.94. The molecule has 7 heteroatoms. The molecular weight excluding hydrogens is 324 g/mol. The Hall–Kier alpha value is -2.44. The first-order chi connectivity index (χ1) is 12.0. The van der Waals surface area contributed by atoms with E-state index in [-0.39, 0.29) is 18.9 Å². The zero-order valence-corrected chi connectivity index (χ0v) is 14.0. The molecule has 1 saturated carbocycles. The summed E-state index contributed by atoms with van der Waals surface area (Å²) in [6.07, 6.45) is 3.99. The molecule has 2 aromatic heterocycles. The molecule has 0 radical (unpaired) electrons. The summed E-state index contributed by atoms with van der Waals surface area (Å²) in [7, 11) is 0. The number of aliphatic imine (C=N–C) groups is 1. The van der Waals surface area contributed by atoms with Gasteiger partial charge in [0.25, 0.3) is 0 Å². The average molecular weight is 343 g/mol. The van der Waals surface area contributed by atoms with Crippen LogP contribution in [0.25, 0.3) is 0 Å². The molecule has 5 nitrogen and oxygen atoms in total. The molecule has 2 aromatic rings. The van der Waals surface area contributed by atoms with Gasteiger partial charge in [0.15, 0.2) is 0 Å². The van der Waals surface area contributed by atoms with Crippen LogP contribution in [-0.2, 0) is 6.54 Å². The van der Waals surface area contributed by atoms with E-state index in [0.29, 0.717) is 25.2 Å². The molecule has 1 N–H and O–H groups in total. The Morgan fingerprint density at radius 3 is 2.72 bits per heavy atom. The molecule has 1 aliphatic carbocycles. The van der Waals surface area contributed by atoms with E-state index in [4.69, 9.17) is 0 Å². The number of anilines is 1. The topological polar surface area (TPSA) is 63.1 Å². The number of hydrogen-bond donors (Lipinski definition) is 1. The van der Waals surface area contributed by atoms with Crippen LogP contribution in [0, 0.1) is 6.92 Å². The van der Waals surface area contributed by atoms with E-state index in [9.17, 15) is 8.78 Å². The maximum atomic E-state index is 13.4. The highest BCUT2D eigenvalue weighted by Gasteiger charge is 2.35. The lowest BCUT2D eigenvalue weighted by Gasteiger charge is -2.29. The summed E-state index contributed by atoms with van der Waals surface area (Å²) in [4.78, 5) is 17.5. The summed E-state index contributed by atoms with van der Waals surface area (Å²) in [5.41, 5.74) is 4.42. The van der Waals surface area contributed by atoms with Crippen molar-refractivity contribution in [3.05, 3.63) is 47.2 Å². The lowest BCUT2D eigenvalue weighted by molar-refractivity contribution is -0.0361. The van der Waals surface area contributed by atoms with Gasteiger partial charge in [-0.15, -0.1) is 0 Å². The molecule has 0 amide bonds. The van der Waals surface area contributed by atoms with Gasteiger partial charge in [-0.1, -0.05) is 0 Å². The fourth-order valence-electron chi connectivity index (χ4n) is 3.42. The van der Waals surface area contributed by atoms with Crippen LogP contribution in [0.2, 0.25) is 0 Å². The van der Waals surface area contributed by atoms with Crippen LogP contribution in [0.3, 0.4) is 0 Å². The van der Waals surface area contributed by atoms with Crippen LogP contribution < -0.4 is 5.32 Å². The van der Waals surface area contributed by atoms with Crippen LogP contribution >= 0.6 is 0 Å². The number of halogens is 2. The number of aryl methyl sites for hydroxylation is 1. The van der Waals surface area contributed by atoms with Gasteiger partial charge in [0.1, 0.15) is 12.1 Å². The first-order valence-corrected chi connectivity index (χ1v) is 8.48. The highest BCUT2D eigenvalue weighted by atomic mass is 19.3. The fourth-order valence-corrected chi connectivity index (χ4v) is 3.42. The predicted octanol–water partition coefficient (Wildman–Crippen LogP) is 3.52. The van der Waals surface area contributed by atoms with Crippen LogP contribution in [-0.4, -0.2) is 32.6 Å². The summed E-state index contributed by atoms with van der Waals surface area (Å²) >= 11 is 0. The van der Waals surface area contributed by atoms with E-state index in [2.05, 4.69) is 25.3 Å². The Morgan fingerprint density at radius 2 is 1.96 bits per heavy atom. The predicted molar refractivity (Wildman–Crippen MR) is 91.2 cm³/mol. The Bertz CT molecular complexity index is 824. The molecular formula is C18H19F2N5. The standard InChI is InChI=1S/C18H19F2N5/c1-11-8-14(24-10-23-11)16-15-12(9-22-16)4-7-21-17(15)25-13-2-5-18(19,20)6-3-13/h4,7-8,10,13H,2-3,5-6,9H2,1H3,(H,21,25). The molecule has 0 atom stereocenters. The van der Waals surface area contributed by atoms with Gasteiger partial charge in [0.05, 0.1) is 18.0 Å². The zero-order valence-electron chi connectivity index (χ0n) is 14.0. The highest BCUT2D eigenvalue weighted by Crippen LogP contribution is 2.35. The summed E-state index contributed by atoms with van der Waals surface area (Å²) in [6, 6.07) is 3.85. The van der Waals surface area contributed by atoms with Crippen molar-refractivity contribution in [2.75, 3.05) is 5.32 Å². The number of hydrogen-bond acceptors (Lipinski definition) is 5. The summed E-state index contributed by atoms with van der Waals surface area (Å²) in [5.74, 6) is -1.82. The summed E-state index contributed by atoms with van der Waals surface area (Å²) in [5, 5.41) is 3.36. The van der Waals surface area contributed by atoms with Gasteiger partial charge in [-0.2, -0.15) is 0 Å². The normalized spacial score (nSPS) is 19.4. The van der Waals surface area contributed by atoms with E-state index in [0.717, 1.165) is 28.2 Å². The van der Waals surface area contributed by atoms with Crippen molar-refractivity contribution in [2.45, 2.75) is 51.1 Å². The first-order valence-electron chi connectivity index (χ1n) is 8.48. The van der Waals surface area contributed by atoms with E-state index < -0.39 is 5.92 Å². The van der Waals surface area contributed by atoms with Crippen molar-refractivity contribution in [3.8, 4) is 0 Å². The van der Waals surface area contributed by atoms with Crippen molar-refractivity contribution >= 4 is 11.5 Å². The average Bonchev–Trinajstić information content (AvgIpc) is 3.02. The molecule has 130 valence electrons. The van der Waals surface area contributed by atoms with Crippen molar-refractivity contribution < 1.29 is 8.78 Å². The molecule has 0 spiro atoms. The van der Waals surface area contributed by atoms with E-state index >= 15 is 0 Å². The summed E-state index contributed by atoms with van der Waals surface area (Å²) in [6.45, 7) is 2.49. The molecule has 1 aliphatic heterocycles. The molecule has 0 aromatic carbocycles. The monoisotopic (exact) mass is 343 g/mol. The number of nitrogens with one attached hydrogen (secondary N) is 1. The van der Waals surface area contributed by atoms with E-state index in [1.165, 1.54) is 6.33 Å². The fraction of sp³-hybridized carbons (Fsp3) is 0.444. The Morgan fingerprint density at radius 1 is 1.16 bits per heavy atom. The molecule has 0 unspecified atom stereocenters. The third-order valence-electron chi connectivity index (χ3n) is 4.79. The Balaban J connectivity index is 1.62. The SMILES string of the molecule is Cc1cc(C2=NCc3ccnc(NC4CCC(F)(F)CC4)c32)ncn1. The lowest BCUT2D eigenvalue weighted by Crippen LogP contribution is -2.32. The zero-order chi connectivity index (χ0) is 17.4. The first kappa shape index (κ1) is 16.1. The summed E-state index contributed by atoms with van der Waals surface area (Å²) < 4.78 is 26.8. The second-order valence-corrected chi connectivity index (χ2v) is 6.68. The number of pyridine rings is 1. The number of alkyl halides is 2. The van der Waals surface area contributed by atoms with Gasteiger partial charge >= 0.3 is 0 Å². The molecule has 25 heavy (non-hydrogen) atoms. The Labute approximate surface area is 144 Å². The molecule has 3 heterocycles. The maximum Gasteiger partial charge on any atom is 0.248 e. The van der Waals surface area contributed by atoms with Crippen molar-refractivity contribution in [1.29, 1.82) is 0 Å². The smallest absolute Gasteiger partial charge is 0.248 e. The van der Waals surface area contributed by atoms with Gasteiger partial charge in [-0.3, -0.25) is 4.99 Å². The van der Waals surface area contributed by atoms with Crippen LogP contribution in [0.5, 0.6) is 0 Å². The van der Waals surface area contributed by atoms with Gasteiger partial charge < -0.3 is 5.32 Å². The number of nitrogens with zero attached hydrogens (tertiary/aromatic N) is 4. The second-order valence-electron chi connectivity index (χ2n) is 6.68. The molecule has 0 bridgehead atoms. The van der Waals surface area contributed by atoms with Crippen LogP contribution in [0.15, 0.2) is 29.6 Å². The van der Waals surface area contributed by atoms with Crippen LogP contribution in [0.4, 0.5) is 14.6 Å². The van der Waals surface area contributed by atoms with E-state index in [1.807, 2.05) is 19.1 Å². The van der Waals surface area contributed by atoms with Crippen molar-refractivity contribution in [2.24, 2.45) is 4.99 Å². The number of fused-ring (bicyclic) bond motifs is 1. The van der Waals surface area contributed by atoms with Gasteiger partial charge in [0, 0.05) is 36.3 Å². The quantitative estimate of drug-likeness (QED) is 0.926. The number of aromatic nitrogens is 3. The largest absolute Gasteiger partial charge is 0.367 e. The van der Waals surface area contributed by atoms with Gasteiger partial charge in [-0.25, -0.2) is 23.7 Å². The third-order valence-corrected chi connectivity index (χ3v) is 4.79. The molecule has 2 aliphatic rings. The number of rotatable bonds is 3. The maximum absolute atomic E-state index is 13.4. The minimum Gasteiger partial charge on any atom is -0.367 e. The van der Waals surface area contributed by atoms with Gasteiger partial charge in [0.2, 0.25) is 5.92 Å². The molecule has 0 saturated heterocycles. The van der Waals surface area contributed by atoms with E-state index in [1.54, 1.807) is 6.20 Å². The molecule has 1 fully saturated rings. The second kappa shape index (κ2) is 6.13. The highest BCUT2D eigenvalue weighted by molar-refractivity contribution is 6.16. The minimum atomic E-state index is -2.53. The minimum absolute atomic E-state index is 0.00705.